The van der Waals surface area contributed by atoms with Crippen LogP contribution in [0, 0.1) is 0 Å². The summed E-state index contributed by atoms with van der Waals surface area (Å²) in [6, 6.07) is 3.33. The Balaban J connectivity index is 1.87. The van der Waals surface area contributed by atoms with Crippen LogP contribution < -0.4 is 10.1 Å². The fourth-order valence-corrected chi connectivity index (χ4v) is 2.55. The minimum atomic E-state index is -0.339. The molecular weight excluding hydrogens is 282 g/mol. The fourth-order valence-electron chi connectivity index (χ4n) is 2.55. The Hall–Kier alpha value is -2.11. The third-order valence-electron chi connectivity index (χ3n) is 3.58. The first-order chi connectivity index (χ1) is 10.5. The molecule has 1 saturated heterocycles. The van der Waals surface area contributed by atoms with Crippen molar-refractivity contribution in [1.82, 2.24) is 15.2 Å². The molecule has 1 aliphatic rings. The molecule has 1 N–H and O–H groups in total. The van der Waals surface area contributed by atoms with Crippen LogP contribution in [0.3, 0.4) is 0 Å². The molecule has 6 heteroatoms. The van der Waals surface area contributed by atoms with Crippen molar-refractivity contribution in [1.29, 1.82) is 0 Å². The van der Waals surface area contributed by atoms with Gasteiger partial charge >= 0.3 is 0 Å². The van der Waals surface area contributed by atoms with Crippen molar-refractivity contribution in [3.63, 3.8) is 0 Å². The molecule has 2 rings (SSSR count). The lowest BCUT2D eigenvalue weighted by atomic mass is 10.2. The van der Waals surface area contributed by atoms with E-state index in [4.69, 9.17) is 4.74 Å². The average Bonchev–Trinajstić information content (AvgIpc) is 2.95. The monoisotopic (exact) mass is 305 g/mol. The van der Waals surface area contributed by atoms with Crippen molar-refractivity contribution in [3.05, 3.63) is 23.9 Å². The number of rotatable bonds is 5. The van der Waals surface area contributed by atoms with Gasteiger partial charge in [0.05, 0.1) is 6.10 Å². The molecule has 1 atom stereocenters. The quantitative estimate of drug-likeness (QED) is 0.895. The second kappa shape index (κ2) is 7.24. The van der Waals surface area contributed by atoms with Crippen LogP contribution in [0.15, 0.2) is 18.3 Å². The summed E-state index contributed by atoms with van der Waals surface area (Å²) in [6.07, 6.45) is 3.37. The third-order valence-corrected chi connectivity index (χ3v) is 3.58. The van der Waals surface area contributed by atoms with Crippen molar-refractivity contribution in [2.45, 2.75) is 52.3 Å². The first-order valence-electron chi connectivity index (χ1n) is 7.64. The van der Waals surface area contributed by atoms with Crippen molar-refractivity contribution >= 4 is 11.8 Å². The number of aromatic nitrogens is 1. The van der Waals surface area contributed by atoms with E-state index in [-0.39, 0.29) is 24.0 Å². The standard InChI is InChI=1S/C16H23N3O3/c1-11(2)22-15-7-6-13(9-17-15)10-18-16(21)14-5-4-8-19(14)12(3)20/h6-7,9,11,14H,4-5,8,10H2,1-3H3,(H,18,21)/t14-/m0/s1. The molecule has 0 bridgehead atoms. The number of hydrogen-bond acceptors (Lipinski definition) is 4. The Morgan fingerprint density at radius 2 is 2.23 bits per heavy atom. The van der Waals surface area contributed by atoms with Crippen LogP contribution in [0.4, 0.5) is 0 Å². The van der Waals surface area contributed by atoms with E-state index < -0.39 is 0 Å². The molecule has 1 aliphatic heterocycles. The van der Waals surface area contributed by atoms with Gasteiger partial charge in [-0.1, -0.05) is 6.07 Å². The molecule has 22 heavy (non-hydrogen) atoms. The second-order valence-corrected chi connectivity index (χ2v) is 5.76. The van der Waals surface area contributed by atoms with Crippen LogP contribution in [0.1, 0.15) is 39.2 Å². The van der Waals surface area contributed by atoms with Gasteiger partial charge in [0.1, 0.15) is 6.04 Å². The van der Waals surface area contributed by atoms with E-state index in [9.17, 15) is 9.59 Å². The summed E-state index contributed by atoms with van der Waals surface area (Å²) >= 11 is 0. The van der Waals surface area contributed by atoms with Gasteiger partial charge in [0.2, 0.25) is 17.7 Å². The minimum absolute atomic E-state index is 0.0468. The highest BCUT2D eigenvalue weighted by Gasteiger charge is 2.31. The number of hydrogen-bond donors (Lipinski definition) is 1. The molecule has 0 spiro atoms. The summed E-state index contributed by atoms with van der Waals surface area (Å²) in [6.45, 7) is 6.45. The van der Waals surface area contributed by atoms with E-state index in [0.29, 0.717) is 19.0 Å². The summed E-state index contributed by atoms with van der Waals surface area (Å²) in [7, 11) is 0. The predicted octanol–water partition coefficient (Wildman–Crippen LogP) is 1.50. The molecule has 0 aliphatic carbocycles. The Labute approximate surface area is 130 Å². The molecule has 0 aromatic carbocycles. The number of carbonyl (C=O) groups is 2. The smallest absolute Gasteiger partial charge is 0.243 e. The highest BCUT2D eigenvalue weighted by Crippen LogP contribution is 2.17. The van der Waals surface area contributed by atoms with Crippen LogP contribution in [0.2, 0.25) is 0 Å². The highest BCUT2D eigenvalue weighted by atomic mass is 16.5. The van der Waals surface area contributed by atoms with Gasteiger partial charge in [-0.2, -0.15) is 0 Å². The van der Waals surface area contributed by atoms with E-state index in [1.807, 2.05) is 19.9 Å². The van der Waals surface area contributed by atoms with Crippen molar-refractivity contribution < 1.29 is 14.3 Å². The van der Waals surface area contributed by atoms with Crippen LogP contribution in [0.5, 0.6) is 5.88 Å². The normalized spacial score (nSPS) is 17.6. The molecule has 0 saturated carbocycles. The lowest BCUT2D eigenvalue weighted by Gasteiger charge is -2.22. The van der Waals surface area contributed by atoms with Gasteiger partial charge in [-0.05, 0) is 32.3 Å². The molecule has 2 heterocycles. The number of pyridine rings is 1. The van der Waals surface area contributed by atoms with Crippen molar-refractivity contribution in [2.75, 3.05) is 6.54 Å². The van der Waals surface area contributed by atoms with Gasteiger partial charge in [-0.3, -0.25) is 9.59 Å². The van der Waals surface area contributed by atoms with Crippen LogP contribution in [-0.2, 0) is 16.1 Å². The van der Waals surface area contributed by atoms with E-state index in [2.05, 4.69) is 10.3 Å². The maximum atomic E-state index is 12.2. The van der Waals surface area contributed by atoms with Crippen molar-refractivity contribution in [3.8, 4) is 5.88 Å². The zero-order valence-corrected chi connectivity index (χ0v) is 13.3. The summed E-state index contributed by atoms with van der Waals surface area (Å²) < 4.78 is 5.47. The largest absolute Gasteiger partial charge is 0.475 e. The maximum absolute atomic E-state index is 12.2. The number of nitrogens with one attached hydrogen (secondary N) is 1. The number of nitrogens with zero attached hydrogens (tertiary/aromatic N) is 2. The highest BCUT2D eigenvalue weighted by molar-refractivity contribution is 5.87. The van der Waals surface area contributed by atoms with Gasteiger partial charge in [0.15, 0.2) is 0 Å². The summed E-state index contributed by atoms with van der Waals surface area (Å²) in [5.74, 6) is 0.424. The SMILES string of the molecule is CC(=O)N1CCC[C@H]1C(=O)NCc1ccc(OC(C)C)nc1. The van der Waals surface area contributed by atoms with Crippen molar-refractivity contribution in [2.24, 2.45) is 0 Å². The summed E-state index contributed by atoms with van der Waals surface area (Å²) in [5, 5.41) is 2.87. The molecule has 1 aromatic heterocycles. The molecule has 2 amide bonds. The zero-order chi connectivity index (χ0) is 16.1. The lowest BCUT2D eigenvalue weighted by molar-refractivity contribution is -0.136. The van der Waals surface area contributed by atoms with E-state index in [1.54, 1.807) is 17.2 Å². The first kappa shape index (κ1) is 16.3. The molecule has 120 valence electrons. The zero-order valence-electron chi connectivity index (χ0n) is 13.3. The lowest BCUT2D eigenvalue weighted by Crippen LogP contribution is -2.44. The molecule has 0 unspecified atom stereocenters. The van der Waals surface area contributed by atoms with Crippen LogP contribution in [0.25, 0.3) is 0 Å². The number of likely N-dealkylation sites (tertiary alicyclic amines) is 1. The summed E-state index contributed by atoms with van der Waals surface area (Å²) in [4.78, 5) is 29.5. The number of amides is 2. The number of carbonyl (C=O) groups excluding carboxylic acids is 2. The predicted molar refractivity (Wildman–Crippen MR) is 82.3 cm³/mol. The Bertz CT molecular complexity index is 528. The van der Waals surface area contributed by atoms with E-state index >= 15 is 0 Å². The van der Waals surface area contributed by atoms with Gasteiger partial charge in [-0.25, -0.2) is 4.98 Å². The summed E-state index contributed by atoms with van der Waals surface area (Å²) in [5.41, 5.74) is 0.900. The minimum Gasteiger partial charge on any atom is -0.475 e. The first-order valence-corrected chi connectivity index (χ1v) is 7.64. The van der Waals surface area contributed by atoms with E-state index in [1.165, 1.54) is 6.92 Å². The molecule has 0 radical (unpaired) electrons. The molecule has 6 nitrogen and oxygen atoms in total. The van der Waals surface area contributed by atoms with Crippen LogP contribution in [-0.4, -0.2) is 40.4 Å². The van der Waals surface area contributed by atoms with Gasteiger partial charge in [0.25, 0.3) is 0 Å². The topological polar surface area (TPSA) is 71.5 Å². The van der Waals surface area contributed by atoms with Gasteiger partial charge < -0.3 is 15.0 Å². The second-order valence-electron chi connectivity index (χ2n) is 5.76. The Kier molecular flexibility index (Phi) is 5.35. The van der Waals surface area contributed by atoms with E-state index in [0.717, 1.165) is 18.4 Å². The molecular formula is C16H23N3O3. The molecule has 1 aromatic rings. The van der Waals surface area contributed by atoms with Crippen LogP contribution >= 0.6 is 0 Å². The van der Waals surface area contributed by atoms with Gasteiger partial charge in [0, 0.05) is 32.3 Å². The van der Waals surface area contributed by atoms with Gasteiger partial charge in [-0.15, -0.1) is 0 Å². The maximum Gasteiger partial charge on any atom is 0.243 e. The average molecular weight is 305 g/mol. The molecule has 1 fully saturated rings. The third kappa shape index (κ3) is 4.19. The number of ether oxygens (including phenoxy) is 1. The Morgan fingerprint density at radius 1 is 1.45 bits per heavy atom. The Morgan fingerprint density at radius 3 is 2.82 bits per heavy atom. The fraction of sp³-hybridized carbons (Fsp3) is 0.562.